The Bertz CT molecular complexity index is 559. The molecular weight excluding hydrogens is 366 g/mol. The van der Waals surface area contributed by atoms with Crippen molar-refractivity contribution in [2.24, 2.45) is 0 Å². The first-order valence-electron chi connectivity index (χ1n) is 7.40. The van der Waals surface area contributed by atoms with Gasteiger partial charge in [-0.1, -0.05) is 25.7 Å². The van der Waals surface area contributed by atoms with Crippen molar-refractivity contribution in [1.29, 1.82) is 0 Å². The van der Waals surface area contributed by atoms with E-state index in [9.17, 15) is 9.59 Å². The molecule has 2 rings (SSSR count). The monoisotopic (exact) mass is 385 g/mol. The van der Waals surface area contributed by atoms with Gasteiger partial charge in [0.05, 0.1) is 10.9 Å². The van der Waals surface area contributed by atoms with Gasteiger partial charge in [-0.15, -0.1) is 11.3 Å². The molecule has 0 saturated heterocycles. The van der Waals surface area contributed by atoms with Crippen LogP contribution in [0.4, 0.5) is 0 Å². The van der Waals surface area contributed by atoms with Crippen LogP contribution in [0.2, 0.25) is 0 Å². The predicted octanol–water partition coefficient (Wildman–Crippen LogP) is 3.91. The smallest absolute Gasteiger partial charge is 0.331 e. The van der Waals surface area contributed by atoms with Gasteiger partial charge < -0.3 is 10.1 Å². The Morgan fingerprint density at radius 1 is 1.27 bits per heavy atom. The third-order valence-corrected chi connectivity index (χ3v) is 5.48. The highest BCUT2D eigenvalue weighted by atomic mass is 79.9. The highest BCUT2D eigenvalue weighted by Crippen LogP contribution is 2.28. The number of esters is 1. The van der Waals surface area contributed by atoms with Gasteiger partial charge in [0.1, 0.15) is 5.54 Å². The molecule has 1 heterocycles. The van der Waals surface area contributed by atoms with Crippen molar-refractivity contribution in [3.05, 3.63) is 26.9 Å². The molecule has 1 aliphatic rings. The number of thiophene rings is 1. The average Bonchev–Trinajstić information content (AvgIpc) is 2.78. The molecule has 4 nitrogen and oxygen atoms in total. The van der Waals surface area contributed by atoms with Crippen molar-refractivity contribution in [3.63, 3.8) is 0 Å². The molecule has 0 bridgehead atoms. The normalized spacial score (nSPS) is 17.9. The van der Waals surface area contributed by atoms with Crippen LogP contribution in [0.15, 0.2) is 22.0 Å². The molecule has 0 atom stereocenters. The summed E-state index contributed by atoms with van der Waals surface area (Å²) in [5.74, 6) is -0.591. The molecule has 120 valence electrons. The number of methoxy groups -OCH3 is 1. The molecular formula is C16H20BrNO3S. The number of nitrogens with one attached hydrogen (secondary N) is 1. The van der Waals surface area contributed by atoms with Crippen LogP contribution in [-0.2, 0) is 14.3 Å². The van der Waals surface area contributed by atoms with Gasteiger partial charge in [0.25, 0.3) is 0 Å². The standard InChI is InChI=1S/C16H20BrNO3S/c1-21-15(20)16(10-4-2-3-5-11-16)18-14(19)9-7-12-6-8-13(17)22-12/h6-9H,2-5,10-11H2,1H3,(H,18,19)/b9-7+. The number of carbonyl (C=O) groups is 2. The van der Waals surface area contributed by atoms with E-state index >= 15 is 0 Å². The molecule has 1 saturated carbocycles. The maximum absolute atomic E-state index is 12.2. The summed E-state index contributed by atoms with van der Waals surface area (Å²) in [7, 11) is 1.38. The fourth-order valence-corrected chi connectivity index (χ4v) is 4.09. The van der Waals surface area contributed by atoms with E-state index < -0.39 is 5.54 Å². The number of rotatable bonds is 4. The minimum Gasteiger partial charge on any atom is -0.467 e. The SMILES string of the molecule is COC(=O)C1(NC(=O)/C=C/c2ccc(Br)s2)CCCCCC1. The van der Waals surface area contributed by atoms with Crippen molar-refractivity contribution in [2.45, 2.75) is 44.1 Å². The number of ether oxygens (including phenoxy) is 1. The van der Waals surface area contributed by atoms with Gasteiger partial charge in [-0.25, -0.2) is 4.79 Å². The lowest BCUT2D eigenvalue weighted by Crippen LogP contribution is -2.54. The van der Waals surface area contributed by atoms with Crippen molar-refractivity contribution in [2.75, 3.05) is 7.11 Å². The van der Waals surface area contributed by atoms with E-state index in [1.165, 1.54) is 13.2 Å². The van der Waals surface area contributed by atoms with E-state index in [4.69, 9.17) is 4.74 Å². The average molecular weight is 386 g/mol. The Morgan fingerprint density at radius 3 is 2.50 bits per heavy atom. The Morgan fingerprint density at radius 2 is 1.95 bits per heavy atom. The van der Waals surface area contributed by atoms with Crippen molar-refractivity contribution in [1.82, 2.24) is 5.32 Å². The summed E-state index contributed by atoms with van der Waals surface area (Å²) in [5.41, 5.74) is -0.872. The molecule has 0 radical (unpaired) electrons. The summed E-state index contributed by atoms with van der Waals surface area (Å²) in [6, 6.07) is 3.86. The van der Waals surface area contributed by atoms with Crippen molar-refractivity contribution >= 4 is 45.2 Å². The van der Waals surface area contributed by atoms with E-state index in [1.807, 2.05) is 12.1 Å². The molecule has 6 heteroatoms. The molecule has 1 aromatic heterocycles. The van der Waals surface area contributed by atoms with Gasteiger partial charge in [-0.3, -0.25) is 4.79 Å². The third kappa shape index (κ3) is 4.43. The van der Waals surface area contributed by atoms with Gasteiger partial charge in [-0.05, 0) is 47.0 Å². The van der Waals surface area contributed by atoms with Crippen LogP contribution in [-0.4, -0.2) is 24.5 Å². The van der Waals surface area contributed by atoms with Gasteiger partial charge in [0.15, 0.2) is 0 Å². The summed E-state index contributed by atoms with van der Waals surface area (Å²) in [6.07, 6.45) is 8.56. The molecule has 1 fully saturated rings. The number of hydrogen-bond acceptors (Lipinski definition) is 4. The third-order valence-electron chi connectivity index (χ3n) is 3.89. The van der Waals surface area contributed by atoms with Gasteiger partial charge in [-0.2, -0.15) is 0 Å². The summed E-state index contributed by atoms with van der Waals surface area (Å²) in [6.45, 7) is 0. The molecule has 1 amide bonds. The summed E-state index contributed by atoms with van der Waals surface area (Å²) in [4.78, 5) is 25.4. The Hall–Kier alpha value is -1.14. The minimum atomic E-state index is -0.872. The minimum absolute atomic E-state index is 0.253. The highest BCUT2D eigenvalue weighted by molar-refractivity contribution is 9.11. The maximum atomic E-state index is 12.2. The number of carbonyl (C=O) groups excluding carboxylic acids is 2. The van der Waals surface area contributed by atoms with E-state index in [2.05, 4.69) is 21.2 Å². The van der Waals surface area contributed by atoms with Crippen molar-refractivity contribution < 1.29 is 14.3 Å². The van der Waals surface area contributed by atoms with Crippen LogP contribution >= 0.6 is 27.3 Å². The van der Waals surface area contributed by atoms with Crippen LogP contribution in [0.1, 0.15) is 43.4 Å². The molecule has 22 heavy (non-hydrogen) atoms. The lowest BCUT2D eigenvalue weighted by Gasteiger charge is -2.30. The second kappa shape index (κ2) is 7.92. The van der Waals surface area contributed by atoms with Gasteiger partial charge >= 0.3 is 5.97 Å². The van der Waals surface area contributed by atoms with E-state index in [0.29, 0.717) is 12.8 Å². The zero-order chi connectivity index (χ0) is 16.0. The van der Waals surface area contributed by atoms with Crippen molar-refractivity contribution in [3.8, 4) is 0 Å². The lowest BCUT2D eigenvalue weighted by molar-refractivity contribution is -0.151. The van der Waals surface area contributed by atoms with E-state index in [-0.39, 0.29) is 11.9 Å². The first-order chi connectivity index (χ1) is 10.6. The highest BCUT2D eigenvalue weighted by Gasteiger charge is 2.40. The fourth-order valence-electron chi connectivity index (χ4n) is 2.76. The van der Waals surface area contributed by atoms with Crippen LogP contribution in [0.3, 0.4) is 0 Å². The quantitative estimate of drug-likeness (QED) is 0.485. The zero-order valence-electron chi connectivity index (χ0n) is 12.6. The summed E-state index contributed by atoms with van der Waals surface area (Å²) in [5, 5.41) is 2.89. The number of hydrogen-bond donors (Lipinski definition) is 1. The predicted molar refractivity (Wildman–Crippen MR) is 91.6 cm³/mol. The Balaban J connectivity index is 2.07. The molecule has 1 aromatic rings. The van der Waals surface area contributed by atoms with Gasteiger partial charge in [0.2, 0.25) is 5.91 Å². The molecule has 0 unspecified atom stereocenters. The lowest BCUT2D eigenvalue weighted by atomic mass is 9.90. The summed E-state index contributed by atoms with van der Waals surface area (Å²) < 4.78 is 5.95. The fraction of sp³-hybridized carbons (Fsp3) is 0.500. The zero-order valence-corrected chi connectivity index (χ0v) is 15.0. The maximum Gasteiger partial charge on any atom is 0.331 e. The van der Waals surface area contributed by atoms with E-state index in [1.54, 1.807) is 17.4 Å². The molecule has 0 aromatic carbocycles. The second-order valence-electron chi connectivity index (χ2n) is 5.45. The first kappa shape index (κ1) is 17.2. The molecule has 1 aliphatic carbocycles. The Kier molecular flexibility index (Phi) is 6.20. The molecule has 0 spiro atoms. The summed E-state index contributed by atoms with van der Waals surface area (Å²) >= 11 is 4.93. The van der Waals surface area contributed by atoms with Crippen LogP contribution in [0.25, 0.3) is 6.08 Å². The molecule has 0 aliphatic heterocycles. The largest absolute Gasteiger partial charge is 0.467 e. The molecule has 1 N–H and O–H groups in total. The number of amides is 1. The Labute approximate surface area is 143 Å². The topological polar surface area (TPSA) is 55.4 Å². The van der Waals surface area contributed by atoms with E-state index in [0.717, 1.165) is 34.3 Å². The second-order valence-corrected chi connectivity index (χ2v) is 7.95. The van der Waals surface area contributed by atoms with Crippen LogP contribution < -0.4 is 5.32 Å². The van der Waals surface area contributed by atoms with Gasteiger partial charge in [0, 0.05) is 11.0 Å². The van der Waals surface area contributed by atoms with Crippen LogP contribution in [0.5, 0.6) is 0 Å². The first-order valence-corrected chi connectivity index (χ1v) is 9.01. The van der Waals surface area contributed by atoms with Crippen LogP contribution in [0, 0.1) is 0 Å². The number of halogens is 1.